The van der Waals surface area contributed by atoms with Crippen LogP contribution in [0.25, 0.3) is 11.3 Å². The maximum Gasteiger partial charge on any atom is 0.287 e. The molecule has 29 heavy (non-hydrogen) atoms. The Bertz CT molecular complexity index is 1040. The molecular formula is C20H19BrCl2N4O2. The molecule has 1 saturated heterocycles. The van der Waals surface area contributed by atoms with Crippen molar-refractivity contribution in [2.24, 2.45) is 7.05 Å². The first-order chi connectivity index (χ1) is 13.9. The highest BCUT2D eigenvalue weighted by Crippen LogP contribution is 2.35. The Hall–Kier alpha value is -1.80. The number of carbonyl (C=O) groups is 1. The maximum absolute atomic E-state index is 13.1. The summed E-state index contributed by atoms with van der Waals surface area (Å²) in [6.07, 6.45) is 4.73. The summed E-state index contributed by atoms with van der Waals surface area (Å²) in [6, 6.07) is 7.23. The zero-order valence-electron chi connectivity index (χ0n) is 15.6. The van der Waals surface area contributed by atoms with Gasteiger partial charge < -0.3 is 15.1 Å². The summed E-state index contributed by atoms with van der Waals surface area (Å²) < 4.78 is 8.14. The van der Waals surface area contributed by atoms with Gasteiger partial charge in [-0.05, 0) is 65.6 Å². The van der Waals surface area contributed by atoms with Gasteiger partial charge in [-0.1, -0.05) is 29.3 Å². The van der Waals surface area contributed by atoms with Crippen molar-refractivity contribution >= 4 is 45.0 Å². The number of carbonyl (C=O) groups excluding carboxylic acids is 1. The highest BCUT2D eigenvalue weighted by Gasteiger charge is 2.36. The van der Waals surface area contributed by atoms with Crippen LogP contribution in [0.15, 0.2) is 45.6 Å². The SMILES string of the molecule is Cn1ncc(Br)c1-c1coc(C(=O)NC2(c3ccc(Cl)c(Cl)c3)CCNCC2)c1. The Balaban J connectivity index is 1.63. The summed E-state index contributed by atoms with van der Waals surface area (Å²) in [6.45, 7) is 1.57. The van der Waals surface area contributed by atoms with Crippen molar-refractivity contribution in [3.8, 4) is 11.3 Å². The van der Waals surface area contributed by atoms with E-state index in [1.807, 2.05) is 19.2 Å². The summed E-state index contributed by atoms with van der Waals surface area (Å²) in [7, 11) is 1.83. The zero-order chi connectivity index (χ0) is 20.6. The van der Waals surface area contributed by atoms with Gasteiger partial charge in [-0.2, -0.15) is 5.10 Å². The van der Waals surface area contributed by atoms with E-state index in [-0.39, 0.29) is 11.7 Å². The van der Waals surface area contributed by atoms with Crippen molar-refractivity contribution < 1.29 is 9.21 Å². The van der Waals surface area contributed by atoms with E-state index in [1.165, 1.54) is 0 Å². The summed E-state index contributed by atoms with van der Waals surface area (Å²) >= 11 is 15.8. The average Bonchev–Trinajstić information content (AvgIpc) is 3.31. The molecule has 0 bridgehead atoms. The summed E-state index contributed by atoms with van der Waals surface area (Å²) in [5.74, 6) is -0.0337. The molecule has 6 nitrogen and oxygen atoms in total. The fourth-order valence-electron chi connectivity index (χ4n) is 3.73. The molecule has 2 aromatic heterocycles. The summed E-state index contributed by atoms with van der Waals surface area (Å²) in [5.41, 5.74) is 2.00. The average molecular weight is 498 g/mol. The third-order valence-corrected chi connectivity index (χ3v) is 6.59. The van der Waals surface area contributed by atoms with Crippen molar-refractivity contribution in [1.29, 1.82) is 0 Å². The number of nitrogens with one attached hydrogen (secondary N) is 2. The Labute approximate surface area is 186 Å². The van der Waals surface area contributed by atoms with Crippen LogP contribution in [0, 0.1) is 0 Å². The van der Waals surface area contributed by atoms with Crippen LogP contribution in [-0.4, -0.2) is 28.8 Å². The molecule has 0 radical (unpaired) electrons. The Morgan fingerprint density at radius 2 is 2.03 bits per heavy atom. The molecule has 0 aliphatic carbocycles. The largest absolute Gasteiger partial charge is 0.458 e. The third kappa shape index (κ3) is 3.97. The van der Waals surface area contributed by atoms with Gasteiger partial charge in [-0.15, -0.1) is 0 Å². The molecule has 2 N–H and O–H groups in total. The number of piperidine rings is 1. The second-order valence-corrected chi connectivity index (χ2v) is 8.75. The third-order valence-electron chi connectivity index (χ3n) is 5.27. The lowest BCUT2D eigenvalue weighted by molar-refractivity contribution is 0.0843. The number of halogens is 3. The second kappa shape index (κ2) is 8.14. The van der Waals surface area contributed by atoms with Crippen molar-refractivity contribution in [2.75, 3.05) is 13.1 Å². The van der Waals surface area contributed by atoms with Gasteiger partial charge in [0.1, 0.15) is 6.26 Å². The molecule has 1 aliphatic rings. The Morgan fingerprint density at radius 1 is 1.28 bits per heavy atom. The number of hydrogen-bond donors (Lipinski definition) is 2. The minimum Gasteiger partial charge on any atom is -0.458 e. The fraction of sp³-hybridized carbons (Fsp3) is 0.300. The maximum atomic E-state index is 13.1. The van der Waals surface area contributed by atoms with Crippen LogP contribution in [0.2, 0.25) is 10.0 Å². The molecule has 152 valence electrons. The van der Waals surface area contributed by atoms with Crippen molar-refractivity contribution in [1.82, 2.24) is 20.4 Å². The van der Waals surface area contributed by atoms with E-state index in [1.54, 1.807) is 29.3 Å². The predicted octanol–water partition coefficient (Wildman–Crippen LogP) is 4.76. The monoisotopic (exact) mass is 496 g/mol. The lowest BCUT2D eigenvalue weighted by Gasteiger charge is -2.39. The first-order valence-electron chi connectivity index (χ1n) is 9.15. The molecule has 0 unspecified atom stereocenters. The molecule has 4 rings (SSSR count). The van der Waals surface area contributed by atoms with Gasteiger partial charge in [0.2, 0.25) is 0 Å². The van der Waals surface area contributed by atoms with Crippen LogP contribution in [0.1, 0.15) is 29.0 Å². The molecule has 1 fully saturated rings. The predicted molar refractivity (Wildman–Crippen MR) is 116 cm³/mol. The molecule has 0 spiro atoms. The standard InChI is InChI=1S/C20H19BrCl2N4O2/c1-27-18(14(21)10-25-27)12-8-17(29-11-12)19(28)26-20(4-6-24-7-5-20)13-2-3-15(22)16(23)9-13/h2-3,8-11,24H,4-7H2,1H3,(H,26,28). The number of furan rings is 1. The molecule has 3 aromatic rings. The van der Waals surface area contributed by atoms with Gasteiger partial charge >= 0.3 is 0 Å². The van der Waals surface area contributed by atoms with Gasteiger partial charge in [0.25, 0.3) is 5.91 Å². The number of aromatic nitrogens is 2. The van der Waals surface area contributed by atoms with Crippen molar-refractivity contribution in [3.63, 3.8) is 0 Å². The Morgan fingerprint density at radius 3 is 2.69 bits per heavy atom. The zero-order valence-corrected chi connectivity index (χ0v) is 18.7. The van der Waals surface area contributed by atoms with Crippen molar-refractivity contribution in [3.05, 3.63) is 62.6 Å². The minimum absolute atomic E-state index is 0.242. The van der Waals surface area contributed by atoms with Crippen LogP contribution in [0.5, 0.6) is 0 Å². The molecule has 0 saturated carbocycles. The molecule has 9 heteroatoms. The van der Waals surface area contributed by atoms with E-state index >= 15 is 0 Å². The Kier molecular flexibility index (Phi) is 5.75. The summed E-state index contributed by atoms with van der Waals surface area (Å²) in [5, 5.41) is 11.7. The number of rotatable bonds is 4. The molecule has 0 atom stereocenters. The van der Waals surface area contributed by atoms with Gasteiger partial charge in [0.15, 0.2) is 5.76 Å². The van der Waals surface area contributed by atoms with Gasteiger partial charge in [-0.25, -0.2) is 0 Å². The molecule has 1 aromatic carbocycles. The molecule has 1 aliphatic heterocycles. The highest BCUT2D eigenvalue weighted by molar-refractivity contribution is 9.10. The van der Waals surface area contributed by atoms with E-state index in [4.69, 9.17) is 27.6 Å². The van der Waals surface area contributed by atoms with Gasteiger partial charge in [0.05, 0.1) is 31.9 Å². The number of nitrogens with zero attached hydrogens (tertiary/aromatic N) is 2. The number of aryl methyl sites for hydroxylation is 1. The number of benzene rings is 1. The van der Waals surface area contributed by atoms with Crippen LogP contribution in [0.4, 0.5) is 0 Å². The second-order valence-electron chi connectivity index (χ2n) is 7.08. The van der Waals surface area contributed by atoms with Crippen LogP contribution in [0.3, 0.4) is 0 Å². The smallest absolute Gasteiger partial charge is 0.287 e. The van der Waals surface area contributed by atoms with E-state index < -0.39 is 5.54 Å². The van der Waals surface area contributed by atoms with Crippen LogP contribution < -0.4 is 10.6 Å². The van der Waals surface area contributed by atoms with E-state index in [9.17, 15) is 4.79 Å². The van der Waals surface area contributed by atoms with Crippen LogP contribution >= 0.6 is 39.1 Å². The van der Waals surface area contributed by atoms with Crippen molar-refractivity contribution in [2.45, 2.75) is 18.4 Å². The molecular weight excluding hydrogens is 479 g/mol. The highest BCUT2D eigenvalue weighted by atomic mass is 79.9. The normalized spacial score (nSPS) is 16.0. The first kappa shape index (κ1) is 20.5. The number of amides is 1. The molecule has 3 heterocycles. The van der Waals surface area contributed by atoms with Gasteiger partial charge in [-0.3, -0.25) is 9.48 Å². The minimum atomic E-state index is -0.545. The number of hydrogen-bond acceptors (Lipinski definition) is 4. The van der Waals surface area contributed by atoms with E-state index in [2.05, 4.69) is 31.7 Å². The lowest BCUT2D eigenvalue weighted by Crippen LogP contribution is -2.52. The lowest BCUT2D eigenvalue weighted by atomic mass is 9.81. The fourth-order valence-corrected chi connectivity index (χ4v) is 4.60. The van der Waals surface area contributed by atoms with E-state index in [0.717, 1.165) is 47.2 Å². The summed E-state index contributed by atoms with van der Waals surface area (Å²) in [4.78, 5) is 13.1. The molecule has 1 amide bonds. The first-order valence-corrected chi connectivity index (χ1v) is 10.7. The van der Waals surface area contributed by atoms with Crippen LogP contribution in [-0.2, 0) is 12.6 Å². The van der Waals surface area contributed by atoms with Gasteiger partial charge in [0, 0.05) is 12.6 Å². The topological polar surface area (TPSA) is 72.1 Å². The van der Waals surface area contributed by atoms with E-state index in [0.29, 0.717) is 10.0 Å². The quantitative estimate of drug-likeness (QED) is 0.545.